The normalized spacial score (nSPS) is 10.3. The summed E-state index contributed by atoms with van der Waals surface area (Å²) in [4.78, 5) is 17.6. The number of nitrogens with one attached hydrogen (secondary N) is 2. The Labute approximate surface area is 95.4 Å². The van der Waals surface area contributed by atoms with Crippen LogP contribution in [-0.2, 0) is 4.74 Å². The number of nitrogens with zero attached hydrogens (tertiary/aromatic N) is 1. The largest absolute Gasteiger partial charge is 0.378 e. The van der Waals surface area contributed by atoms with Crippen molar-refractivity contribution in [2.45, 2.75) is 0 Å². The molecule has 0 saturated carbocycles. The molecule has 0 amide bonds. The van der Waals surface area contributed by atoms with Crippen molar-refractivity contribution >= 4 is 21.7 Å². The van der Waals surface area contributed by atoms with Gasteiger partial charge in [-0.15, -0.1) is 0 Å². The van der Waals surface area contributed by atoms with Crippen LogP contribution in [0.1, 0.15) is 0 Å². The van der Waals surface area contributed by atoms with E-state index in [1.54, 1.807) is 0 Å². The zero-order valence-corrected chi connectivity index (χ0v) is 9.71. The molecule has 1 aromatic heterocycles. The number of rotatable bonds is 6. The zero-order chi connectivity index (χ0) is 11.1. The van der Waals surface area contributed by atoms with Crippen LogP contribution in [0.25, 0.3) is 0 Å². The van der Waals surface area contributed by atoms with Crippen LogP contribution in [0.5, 0.6) is 0 Å². The van der Waals surface area contributed by atoms with Crippen LogP contribution in [0.3, 0.4) is 0 Å². The quantitative estimate of drug-likeness (QED) is 0.632. The van der Waals surface area contributed by atoms with Crippen molar-refractivity contribution in [3.8, 4) is 0 Å². The molecule has 0 saturated heterocycles. The molecule has 0 aromatic carbocycles. The standard InChI is InChI=1S/C8H13BrN4O2/c9-6-7(12-5-13-8(6)14)11-2-4-15-3-1-10/h5H,1-4,10H2,(H2,11,12,13,14). The average molecular weight is 277 g/mol. The third kappa shape index (κ3) is 3.98. The molecule has 0 unspecified atom stereocenters. The predicted octanol–water partition coefficient (Wildman–Crippen LogP) is -0.0804. The summed E-state index contributed by atoms with van der Waals surface area (Å²) in [5, 5.41) is 2.97. The fourth-order valence-electron chi connectivity index (χ4n) is 0.933. The maximum atomic E-state index is 11.1. The Morgan fingerprint density at radius 1 is 1.60 bits per heavy atom. The minimum atomic E-state index is -0.213. The molecule has 4 N–H and O–H groups in total. The van der Waals surface area contributed by atoms with E-state index in [0.29, 0.717) is 36.6 Å². The van der Waals surface area contributed by atoms with Gasteiger partial charge >= 0.3 is 0 Å². The lowest BCUT2D eigenvalue weighted by Gasteiger charge is -2.06. The van der Waals surface area contributed by atoms with Crippen molar-refractivity contribution in [1.82, 2.24) is 9.97 Å². The number of ether oxygens (including phenoxy) is 1. The lowest BCUT2D eigenvalue weighted by molar-refractivity contribution is 0.151. The van der Waals surface area contributed by atoms with Gasteiger partial charge in [0.25, 0.3) is 5.56 Å². The molecule has 1 aromatic rings. The summed E-state index contributed by atoms with van der Waals surface area (Å²) < 4.78 is 5.55. The minimum absolute atomic E-state index is 0.213. The zero-order valence-electron chi connectivity index (χ0n) is 8.12. The molecule has 0 aliphatic heterocycles. The predicted molar refractivity (Wildman–Crippen MR) is 60.9 cm³/mol. The fourth-order valence-corrected chi connectivity index (χ4v) is 1.29. The SMILES string of the molecule is NCCOCCNc1nc[nH]c(=O)c1Br. The molecule has 0 spiro atoms. The first-order chi connectivity index (χ1) is 7.25. The molecule has 1 heterocycles. The third-order valence-electron chi connectivity index (χ3n) is 1.60. The van der Waals surface area contributed by atoms with Gasteiger partial charge in [0.1, 0.15) is 10.3 Å². The van der Waals surface area contributed by atoms with Crippen molar-refractivity contribution < 1.29 is 4.74 Å². The Balaban J connectivity index is 2.38. The van der Waals surface area contributed by atoms with Crippen LogP contribution in [0, 0.1) is 0 Å². The van der Waals surface area contributed by atoms with Crippen LogP contribution in [0.15, 0.2) is 15.6 Å². The molecule has 0 bridgehead atoms. The third-order valence-corrected chi connectivity index (χ3v) is 2.33. The molecular weight excluding hydrogens is 264 g/mol. The highest BCUT2D eigenvalue weighted by molar-refractivity contribution is 9.10. The highest BCUT2D eigenvalue weighted by Crippen LogP contribution is 2.12. The van der Waals surface area contributed by atoms with Gasteiger partial charge < -0.3 is 20.8 Å². The van der Waals surface area contributed by atoms with Crippen molar-refractivity contribution in [2.75, 3.05) is 31.6 Å². The van der Waals surface area contributed by atoms with Gasteiger partial charge in [-0.05, 0) is 15.9 Å². The first-order valence-corrected chi connectivity index (χ1v) is 5.30. The number of hydrogen-bond acceptors (Lipinski definition) is 5. The van der Waals surface area contributed by atoms with E-state index in [9.17, 15) is 4.79 Å². The summed E-state index contributed by atoms with van der Waals surface area (Å²) in [6.07, 6.45) is 1.34. The molecular formula is C8H13BrN4O2. The highest BCUT2D eigenvalue weighted by Gasteiger charge is 2.03. The average Bonchev–Trinajstić information content (AvgIpc) is 2.24. The summed E-state index contributed by atoms with van der Waals surface area (Å²) in [5.41, 5.74) is 5.04. The van der Waals surface area contributed by atoms with Gasteiger partial charge in [-0.25, -0.2) is 4.98 Å². The second kappa shape index (κ2) is 6.54. The Morgan fingerprint density at radius 3 is 3.13 bits per heavy atom. The highest BCUT2D eigenvalue weighted by atomic mass is 79.9. The minimum Gasteiger partial charge on any atom is -0.378 e. The maximum Gasteiger partial charge on any atom is 0.267 e. The van der Waals surface area contributed by atoms with Crippen molar-refractivity contribution in [1.29, 1.82) is 0 Å². The van der Waals surface area contributed by atoms with Gasteiger partial charge in [0.2, 0.25) is 0 Å². The number of nitrogens with two attached hydrogens (primary N) is 1. The molecule has 84 valence electrons. The van der Waals surface area contributed by atoms with Gasteiger partial charge in [-0.2, -0.15) is 0 Å². The van der Waals surface area contributed by atoms with Crippen LogP contribution in [0.2, 0.25) is 0 Å². The Hall–Kier alpha value is -0.920. The van der Waals surface area contributed by atoms with Gasteiger partial charge in [-0.3, -0.25) is 4.79 Å². The van der Waals surface area contributed by atoms with Crippen LogP contribution in [-0.4, -0.2) is 36.3 Å². The summed E-state index contributed by atoms with van der Waals surface area (Å²) in [7, 11) is 0. The summed E-state index contributed by atoms with van der Waals surface area (Å²) in [6, 6.07) is 0. The van der Waals surface area contributed by atoms with Crippen LogP contribution < -0.4 is 16.6 Å². The molecule has 7 heteroatoms. The van der Waals surface area contributed by atoms with Gasteiger partial charge in [0.05, 0.1) is 19.5 Å². The summed E-state index contributed by atoms with van der Waals surface area (Å²) >= 11 is 3.13. The topological polar surface area (TPSA) is 93.0 Å². The number of H-pyrrole nitrogens is 1. The van der Waals surface area contributed by atoms with Crippen LogP contribution in [0.4, 0.5) is 5.82 Å². The number of hydrogen-bond donors (Lipinski definition) is 3. The molecule has 6 nitrogen and oxygen atoms in total. The Kier molecular flexibility index (Phi) is 5.30. The Bertz CT molecular complexity index is 355. The summed E-state index contributed by atoms with van der Waals surface area (Å²) in [5.74, 6) is 0.509. The van der Waals surface area contributed by atoms with Gasteiger partial charge in [0.15, 0.2) is 0 Å². The van der Waals surface area contributed by atoms with Gasteiger partial charge in [-0.1, -0.05) is 0 Å². The summed E-state index contributed by atoms with van der Waals surface area (Å²) in [6.45, 7) is 2.14. The number of aromatic nitrogens is 2. The van der Waals surface area contributed by atoms with E-state index in [1.807, 2.05) is 0 Å². The molecule has 15 heavy (non-hydrogen) atoms. The van der Waals surface area contributed by atoms with Crippen LogP contribution >= 0.6 is 15.9 Å². The number of halogens is 1. The molecule has 0 radical (unpaired) electrons. The lowest BCUT2D eigenvalue weighted by Crippen LogP contribution is -2.17. The van der Waals surface area contributed by atoms with E-state index in [1.165, 1.54) is 6.33 Å². The van der Waals surface area contributed by atoms with Crippen molar-refractivity contribution in [3.05, 3.63) is 21.2 Å². The van der Waals surface area contributed by atoms with E-state index >= 15 is 0 Å². The first kappa shape index (κ1) is 12.2. The molecule has 0 atom stereocenters. The first-order valence-electron chi connectivity index (χ1n) is 4.50. The van der Waals surface area contributed by atoms with Crippen molar-refractivity contribution in [2.24, 2.45) is 5.73 Å². The monoisotopic (exact) mass is 276 g/mol. The Morgan fingerprint density at radius 2 is 2.40 bits per heavy atom. The van der Waals surface area contributed by atoms with Crippen molar-refractivity contribution in [3.63, 3.8) is 0 Å². The fraction of sp³-hybridized carbons (Fsp3) is 0.500. The molecule has 1 rings (SSSR count). The van der Waals surface area contributed by atoms with E-state index in [-0.39, 0.29) is 5.56 Å². The second-order valence-corrected chi connectivity index (χ2v) is 3.52. The van der Waals surface area contributed by atoms with E-state index < -0.39 is 0 Å². The molecule has 0 aliphatic rings. The lowest BCUT2D eigenvalue weighted by atomic mass is 10.5. The maximum absolute atomic E-state index is 11.1. The van der Waals surface area contributed by atoms with Gasteiger partial charge in [0, 0.05) is 13.1 Å². The molecule has 0 fully saturated rings. The van der Waals surface area contributed by atoms with E-state index in [0.717, 1.165) is 0 Å². The second-order valence-electron chi connectivity index (χ2n) is 2.72. The van der Waals surface area contributed by atoms with E-state index in [4.69, 9.17) is 10.5 Å². The number of anilines is 1. The number of aromatic amines is 1. The molecule has 0 aliphatic carbocycles. The smallest absolute Gasteiger partial charge is 0.267 e. The van der Waals surface area contributed by atoms with E-state index in [2.05, 4.69) is 31.2 Å².